The molecule has 0 saturated heterocycles. The summed E-state index contributed by atoms with van der Waals surface area (Å²) in [5.74, 6) is -0.474. The lowest BCUT2D eigenvalue weighted by Crippen LogP contribution is -2.30. The van der Waals surface area contributed by atoms with Crippen LogP contribution in [-0.4, -0.2) is 23.1 Å². The number of nitrogens with one attached hydrogen (secondary N) is 1. The van der Waals surface area contributed by atoms with Crippen molar-refractivity contribution in [3.8, 4) is 11.3 Å². The molecule has 1 aromatic heterocycles. The van der Waals surface area contributed by atoms with Crippen LogP contribution in [0.1, 0.15) is 47.1 Å². The second-order valence-corrected chi connectivity index (χ2v) is 7.31. The van der Waals surface area contributed by atoms with Crippen LogP contribution in [0.25, 0.3) is 11.3 Å². The minimum atomic E-state index is -0.360. The van der Waals surface area contributed by atoms with Crippen molar-refractivity contribution in [2.24, 2.45) is 0 Å². The summed E-state index contributed by atoms with van der Waals surface area (Å²) in [6.07, 6.45) is 0. The average molecular weight is 405 g/mol. The number of nitrogens with zero attached hydrogens (tertiary/aromatic N) is 1. The minimum absolute atomic E-state index is 0.111. The molecule has 0 bridgehead atoms. The number of amides is 1. The maximum absolute atomic E-state index is 12.9. The van der Waals surface area contributed by atoms with Gasteiger partial charge in [0.15, 0.2) is 0 Å². The highest BCUT2D eigenvalue weighted by Crippen LogP contribution is 2.31. The van der Waals surface area contributed by atoms with Gasteiger partial charge in [0.05, 0.1) is 23.9 Å². The summed E-state index contributed by atoms with van der Waals surface area (Å²) in [4.78, 5) is 25.5. The third-order valence-electron chi connectivity index (χ3n) is 5.27. The zero-order valence-corrected chi connectivity index (χ0v) is 17.9. The third-order valence-corrected chi connectivity index (χ3v) is 5.27. The first-order valence-corrected chi connectivity index (χ1v) is 10.2. The molecule has 1 heterocycles. The molecule has 1 atom stereocenters. The van der Waals surface area contributed by atoms with Crippen LogP contribution in [0.2, 0.25) is 0 Å². The van der Waals surface area contributed by atoms with Crippen molar-refractivity contribution >= 4 is 11.9 Å². The van der Waals surface area contributed by atoms with E-state index < -0.39 is 0 Å². The van der Waals surface area contributed by atoms with E-state index in [1.165, 1.54) is 0 Å². The predicted molar refractivity (Wildman–Crippen MR) is 118 cm³/mol. The standard InChI is InChI=1S/C25H28N2O3/c1-5-30-25(29)23-17(2)24(21-14-10-7-11-15-21)27(19(23)4)16-22(28)26-18(3)20-12-8-6-9-13-20/h6-15,18H,5,16H2,1-4H3,(H,26,28). The van der Waals surface area contributed by atoms with Crippen molar-refractivity contribution in [1.29, 1.82) is 0 Å². The molecule has 0 saturated carbocycles. The normalized spacial score (nSPS) is 11.7. The number of esters is 1. The van der Waals surface area contributed by atoms with Gasteiger partial charge in [-0.25, -0.2) is 4.79 Å². The molecular weight excluding hydrogens is 376 g/mol. The maximum Gasteiger partial charge on any atom is 0.340 e. The van der Waals surface area contributed by atoms with Gasteiger partial charge in [0.25, 0.3) is 0 Å². The Labute approximate surface area is 177 Å². The smallest absolute Gasteiger partial charge is 0.340 e. The highest BCUT2D eigenvalue weighted by atomic mass is 16.5. The largest absolute Gasteiger partial charge is 0.462 e. The van der Waals surface area contributed by atoms with Crippen LogP contribution >= 0.6 is 0 Å². The monoisotopic (exact) mass is 404 g/mol. The van der Waals surface area contributed by atoms with Crippen LogP contribution in [0.3, 0.4) is 0 Å². The molecule has 0 radical (unpaired) electrons. The molecule has 0 aliphatic heterocycles. The molecule has 1 unspecified atom stereocenters. The second kappa shape index (κ2) is 9.44. The molecule has 0 spiro atoms. The summed E-state index contributed by atoms with van der Waals surface area (Å²) in [5, 5.41) is 3.06. The van der Waals surface area contributed by atoms with Gasteiger partial charge < -0.3 is 14.6 Å². The molecule has 3 rings (SSSR count). The minimum Gasteiger partial charge on any atom is -0.462 e. The molecule has 2 aromatic carbocycles. The molecule has 0 fully saturated rings. The van der Waals surface area contributed by atoms with Gasteiger partial charge in [-0.05, 0) is 44.4 Å². The van der Waals surface area contributed by atoms with Crippen molar-refractivity contribution in [2.75, 3.05) is 6.61 Å². The van der Waals surface area contributed by atoms with E-state index in [1.54, 1.807) is 6.92 Å². The number of ether oxygens (including phenoxy) is 1. The van der Waals surface area contributed by atoms with Gasteiger partial charge in [0, 0.05) is 5.69 Å². The van der Waals surface area contributed by atoms with Crippen LogP contribution < -0.4 is 5.32 Å². The van der Waals surface area contributed by atoms with Crippen molar-refractivity contribution in [3.05, 3.63) is 83.0 Å². The van der Waals surface area contributed by atoms with E-state index in [0.29, 0.717) is 12.2 Å². The predicted octanol–water partition coefficient (Wildman–Crippen LogP) is 4.83. The fourth-order valence-corrected chi connectivity index (χ4v) is 3.82. The van der Waals surface area contributed by atoms with E-state index in [4.69, 9.17) is 4.74 Å². The lowest BCUT2D eigenvalue weighted by Gasteiger charge is -2.17. The number of hydrogen-bond acceptors (Lipinski definition) is 3. The maximum atomic E-state index is 12.9. The Kier molecular flexibility index (Phi) is 6.72. The number of hydrogen-bond donors (Lipinski definition) is 1. The molecule has 3 aromatic rings. The van der Waals surface area contributed by atoms with Crippen LogP contribution in [0.15, 0.2) is 60.7 Å². The van der Waals surface area contributed by atoms with Crippen molar-refractivity contribution < 1.29 is 14.3 Å². The SMILES string of the molecule is CCOC(=O)c1c(C)c(-c2ccccc2)n(CC(=O)NC(C)c2ccccc2)c1C. The summed E-state index contributed by atoms with van der Waals surface area (Å²) in [5.41, 5.74) is 4.94. The van der Waals surface area contributed by atoms with Crippen molar-refractivity contribution in [2.45, 2.75) is 40.3 Å². The van der Waals surface area contributed by atoms with E-state index in [2.05, 4.69) is 5.32 Å². The Morgan fingerprint density at radius 1 is 1.00 bits per heavy atom. The zero-order chi connectivity index (χ0) is 21.7. The number of rotatable bonds is 7. The number of aromatic nitrogens is 1. The molecule has 0 aliphatic carbocycles. The Morgan fingerprint density at radius 2 is 1.60 bits per heavy atom. The topological polar surface area (TPSA) is 60.3 Å². The van der Waals surface area contributed by atoms with E-state index >= 15 is 0 Å². The van der Waals surface area contributed by atoms with Gasteiger partial charge in [-0.2, -0.15) is 0 Å². The molecule has 1 N–H and O–H groups in total. The van der Waals surface area contributed by atoms with Gasteiger partial charge in [0.2, 0.25) is 5.91 Å². The van der Waals surface area contributed by atoms with Crippen molar-refractivity contribution in [3.63, 3.8) is 0 Å². The fraction of sp³-hybridized carbons (Fsp3) is 0.280. The summed E-state index contributed by atoms with van der Waals surface area (Å²) >= 11 is 0. The molecule has 5 heteroatoms. The molecular formula is C25H28N2O3. The van der Waals surface area contributed by atoms with Crippen molar-refractivity contribution in [1.82, 2.24) is 9.88 Å². The zero-order valence-electron chi connectivity index (χ0n) is 17.9. The molecule has 1 amide bonds. The van der Waals surface area contributed by atoms with E-state index in [1.807, 2.05) is 86.0 Å². The van der Waals surface area contributed by atoms with Crippen LogP contribution in [0.5, 0.6) is 0 Å². The van der Waals surface area contributed by atoms with Gasteiger partial charge in [-0.3, -0.25) is 4.79 Å². The van der Waals surface area contributed by atoms with Gasteiger partial charge in [0.1, 0.15) is 6.54 Å². The van der Waals surface area contributed by atoms with Crippen LogP contribution in [0, 0.1) is 13.8 Å². The Balaban J connectivity index is 1.95. The number of carbonyl (C=O) groups is 2. The lowest BCUT2D eigenvalue weighted by atomic mass is 10.1. The number of benzene rings is 2. The highest BCUT2D eigenvalue weighted by Gasteiger charge is 2.25. The van der Waals surface area contributed by atoms with Crippen LogP contribution in [-0.2, 0) is 16.1 Å². The summed E-state index contributed by atoms with van der Waals surface area (Å²) < 4.78 is 7.18. The third kappa shape index (κ3) is 4.46. The van der Waals surface area contributed by atoms with Crippen LogP contribution in [0.4, 0.5) is 0 Å². The van der Waals surface area contributed by atoms with E-state index in [-0.39, 0.29) is 24.5 Å². The number of carbonyl (C=O) groups excluding carboxylic acids is 2. The van der Waals surface area contributed by atoms with Gasteiger partial charge in [-0.1, -0.05) is 60.7 Å². The van der Waals surface area contributed by atoms with E-state index in [0.717, 1.165) is 28.1 Å². The Morgan fingerprint density at radius 3 is 2.20 bits per heavy atom. The van der Waals surface area contributed by atoms with Gasteiger partial charge >= 0.3 is 5.97 Å². The summed E-state index contributed by atoms with van der Waals surface area (Å²) in [7, 11) is 0. The highest BCUT2D eigenvalue weighted by molar-refractivity contribution is 5.95. The quantitative estimate of drug-likeness (QED) is 0.574. The summed E-state index contributed by atoms with van der Waals surface area (Å²) in [6, 6.07) is 19.5. The Bertz CT molecular complexity index is 1020. The molecule has 30 heavy (non-hydrogen) atoms. The van der Waals surface area contributed by atoms with Gasteiger partial charge in [-0.15, -0.1) is 0 Å². The molecule has 156 valence electrons. The molecule has 0 aliphatic rings. The summed E-state index contributed by atoms with van der Waals surface area (Å²) in [6.45, 7) is 7.94. The average Bonchev–Trinajstić information content (AvgIpc) is 2.98. The fourth-order valence-electron chi connectivity index (χ4n) is 3.82. The second-order valence-electron chi connectivity index (χ2n) is 7.31. The van der Waals surface area contributed by atoms with E-state index in [9.17, 15) is 9.59 Å². The first kappa shape index (κ1) is 21.4. The Hall–Kier alpha value is -3.34. The first-order chi connectivity index (χ1) is 14.4. The molecule has 5 nitrogen and oxygen atoms in total. The first-order valence-electron chi connectivity index (χ1n) is 10.2. The lowest BCUT2D eigenvalue weighted by molar-refractivity contribution is -0.122.